The van der Waals surface area contributed by atoms with Gasteiger partial charge in [-0.3, -0.25) is 0 Å². The molecule has 0 heterocycles. The van der Waals surface area contributed by atoms with Crippen LogP contribution < -0.4 is 0 Å². The topological polar surface area (TPSA) is 63.7 Å². The van der Waals surface area contributed by atoms with Gasteiger partial charge in [0.05, 0.1) is 11.5 Å². The number of sulfone groups is 1. The van der Waals surface area contributed by atoms with Crippen LogP contribution in [0, 0.1) is 5.92 Å². The number of alkyl halides is 2. The minimum atomic E-state index is -3.30. The largest absolute Gasteiger partial charge is 0.444 e. The maximum absolute atomic E-state index is 13.1. The van der Waals surface area contributed by atoms with Crippen LogP contribution in [0.1, 0.15) is 52.9 Å². The zero-order valence-electron chi connectivity index (χ0n) is 15.0. The predicted octanol–water partition coefficient (Wildman–Crippen LogP) is 3.48. The van der Waals surface area contributed by atoms with Crippen molar-refractivity contribution < 1.29 is 26.7 Å². The summed E-state index contributed by atoms with van der Waals surface area (Å²) in [7, 11) is -1.74. The molecule has 0 aliphatic heterocycles. The van der Waals surface area contributed by atoms with Crippen LogP contribution in [0.15, 0.2) is 0 Å². The number of halogens is 2. The molecule has 0 aromatic carbocycles. The van der Waals surface area contributed by atoms with Crippen molar-refractivity contribution in [3.05, 3.63) is 0 Å². The Morgan fingerprint density at radius 2 is 1.79 bits per heavy atom. The summed E-state index contributed by atoms with van der Waals surface area (Å²) < 4.78 is 55.6. The van der Waals surface area contributed by atoms with Gasteiger partial charge >= 0.3 is 6.09 Å². The van der Waals surface area contributed by atoms with Gasteiger partial charge in [0.1, 0.15) is 5.60 Å². The molecule has 142 valence electrons. The van der Waals surface area contributed by atoms with Crippen molar-refractivity contribution in [1.82, 2.24) is 4.90 Å². The first-order valence-corrected chi connectivity index (χ1v) is 10.1. The van der Waals surface area contributed by atoms with E-state index in [1.165, 1.54) is 4.90 Å². The second kappa shape index (κ2) is 7.97. The Bertz CT molecular complexity index is 519. The molecule has 0 N–H and O–H groups in total. The van der Waals surface area contributed by atoms with Gasteiger partial charge in [-0.1, -0.05) is 0 Å². The highest BCUT2D eigenvalue weighted by Crippen LogP contribution is 2.36. The van der Waals surface area contributed by atoms with Crippen molar-refractivity contribution in [2.24, 2.45) is 5.92 Å². The first-order valence-electron chi connectivity index (χ1n) is 8.32. The lowest BCUT2D eigenvalue weighted by atomic mass is 9.88. The molecule has 0 radical (unpaired) electrons. The lowest BCUT2D eigenvalue weighted by molar-refractivity contribution is -0.0435. The molecular formula is C16H29F2NO4S. The van der Waals surface area contributed by atoms with Gasteiger partial charge in [0.2, 0.25) is 5.92 Å². The minimum absolute atomic E-state index is 0.0424. The van der Waals surface area contributed by atoms with Gasteiger partial charge in [0.25, 0.3) is 0 Å². The van der Waals surface area contributed by atoms with Crippen molar-refractivity contribution in [3.63, 3.8) is 0 Å². The molecule has 0 aromatic rings. The van der Waals surface area contributed by atoms with E-state index in [0.29, 0.717) is 6.42 Å². The number of ether oxygens (including phenoxy) is 1. The van der Waals surface area contributed by atoms with Crippen LogP contribution in [0.2, 0.25) is 0 Å². The average molecular weight is 369 g/mol. The Hall–Kier alpha value is -0.920. The maximum Gasteiger partial charge on any atom is 0.410 e. The summed E-state index contributed by atoms with van der Waals surface area (Å²) in [6, 6.07) is 0. The highest BCUT2D eigenvalue weighted by Gasteiger charge is 2.36. The molecule has 1 aliphatic rings. The minimum Gasteiger partial charge on any atom is -0.444 e. The fourth-order valence-electron chi connectivity index (χ4n) is 2.66. The van der Waals surface area contributed by atoms with E-state index in [9.17, 15) is 22.0 Å². The first kappa shape index (κ1) is 21.1. The van der Waals surface area contributed by atoms with Crippen LogP contribution in [0.4, 0.5) is 13.6 Å². The fourth-order valence-corrected chi connectivity index (χ4v) is 4.45. The average Bonchev–Trinajstić information content (AvgIpc) is 2.39. The van der Waals surface area contributed by atoms with Crippen LogP contribution in [0.25, 0.3) is 0 Å². The summed E-state index contributed by atoms with van der Waals surface area (Å²) in [4.78, 5) is 13.1. The third-order valence-electron chi connectivity index (χ3n) is 3.98. The van der Waals surface area contributed by atoms with Crippen molar-refractivity contribution in [2.45, 2.75) is 64.4 Å². The number of nitrogens with zero attached hydrogens (tertiary/aromatic N) is 1. The van der Waals surface area contributed by atoms with Gasteiger partial charge < -0.3 is 9.64 Å². The van der Waals surface area contributed by atoms with E-state index in [1.54, 1.807) is 27.8 Å². The third kappa shape index (κ3) is 8.26. The zero-order chi connectivity index (χ0) is 18.6. The molecule has 0 spiro atoms. The lowest BCUT2D eigenvalue weighted by Gasteiger charge is -2.28. The first-order chi connectivity index (χ1) is 10.8. The molecule has 0 saturated heterocycles. The molecule has 0 unspecified atom stereocenters. The van der Waals surface area contributed by atoms with Crippen LogP contribution in [-0.4, -0.2) is 56.0 Å². The number of carbonyl (C=O) groups is 1. The van der Waals surface area contributed by atoms with Gasteiger partial charge in [-0.15, -0.1) is 0 Å². The molecule has 0 bridgehead atoms. The van der Waals surface area contributed by atoms with E-state index in [1.807, 2.05) is 0 Å². The van der Waals surface area contributed by atoms with Gasteiger partial charge in [0.15, 0.2) is 9.84 Å². The molecule has 1 saturated carbocycles. The quantitative estimate of drug-likeness (QED) is 0.719. The molecule has 1 rings (SSSR count). The van der Waals surface area contributed by atoms with E-state index < -0.39 is 27.5 Å². The van der Waals surface area contributed by atoms with Crippen molar-refractivity contribution in [2.75, 3.05) is 25.1 Å². The Labute approximate surface area is 143 Å². The Morgan fingerprint density at radius 3 is 2.29 bits per heavy atom. The van der Waals surface area contributed by atoms with Crippen LogP contribution in [0.3, 0.4) is 0 Å². The van der Waals surface area contributed by atoms with Crippen molar-refractivity contribution in [3.8, 4) is 0 Å². The molecule has 8 heteroatoms. The van der Waals surface area contributed by atoms with E-state index in [-0.39, 0.29) is 49.7 Å². The van der Waals surface area contributed by atoms with Gasteiger partial charge in [-0.05, 0) is 46.0 Å². The standard InChI is InChI=1S/C16H29F2NO4S/c1-15(2,3)23-14(20)19(4)10-5-11-24(21,22)12-13-6-8-16(17,18)9-7-13/h13H,5-12H2,1-4H3. The Balaban J connectivity index is 2.34. The summed E-state index contributed by atoms with van der Waals surface area (Å²) in [6.07, 6.45) is -0.132. The van der Waals surface area contributed by atoms with Crippen molar-refractivity contribution in [1.29, 1.82) is 0 Å². The number of hydrogen-bond acceptors (Lipinski definition) is 4. The number of hydrogen-bond donors (Lipinski definition) is 0. The molecule has 5 nitrogen and oxygen atoms in total. The molecule has 0 atom stereocenters. The third-order valence-corrected chi connectivity index (χ3v) is 5.87. The van der Waals surface area contributed by atoms with Crippen molar-refractivity contribution >= 4 is 15.9 Å². The smallest absolute Gasteiger partial charge is 0.410 e. The van der Waals surface area contributed by atoms with E-state index in [4.69, 9.17) is 4.74 Å². The van der Waals surface area contributed by atoms with E-state index in [0.717, 1.165) is 0 Å². The molecular weight excluding hydrogens is 340 g/mol. The van der Waals surface area contributed by atoms with Gasteiger partial charge in [-0.2, -0.15) is 0 Å². The van der Waals surface area contributed by atoms with Crippen LogP contribution in [-0.2, 0) is 14.6 Å². The Morgan fingerprint density at radius 1 is 1.25 bits per heavy atom. The monoisotopic (exact) mass is 369 g/mol. The normalized spacial score (nSPS) is 19.1. The second-order valence-corrected chi connectivity index (χ2v) is 9.90. The summed E-state index contributed by atoms with van der Waals surface area (Å²) in [5, 5.41) is 0. The van der Waals surface area contributed by atoms with Gasteiger partial charge in [0, 0.05) is 26.4 Å². The second-order valence-electron chi connectivity index (χ2n) is 7.67. The summed E-state index contributed by atoms with van der Waals surface area (Å²) >= 11 is 0. The lowest BCUT2D eigenvalue weighted by Crippen LogP contribution is -2.35. The number of amides is 1. The predicted molar refractivity (Wildman–Crippen MR) is 89.0 cm³/mol. The van der Waals surface area contributed by atoms with Crippen LogP contribution in [0.5, 0.6) is 0 Å². The molecule has 24 heavy (non-hydrogen) atoms. The highest BCUT2D eigenvalue weighted by molar-refractivity contribution is 7.91. The molecule has 1 amide bonds. The SMILES string of the molecule is CN(CCCS(=O)(=O)CC1CCC(F)(F)CC1)C(=O)OC(C)(C)C. The highest BCUT2D eigenvalue weighted by atomic mass is 32.2. The molecule has 0 aromatic heterocycles. The van der Waals surface area contributed by atoms with E-state index >= 15 is 0 Å². The summed E-state index contributed by atoms with van der Waals surface area (Å²) in [5.41, 5.74) is -0.597. The maximum atomic E-state index is 13.1. The number of carbonyl (C=O) groups excluding carboxylic acids is 1. The fraction of sp³-hybridized carbons (Fsp3) is 0.938. The van der Waals surface area contributed by atoms with E-state index in [2.05, 4.69) is 0 Å². The van der Waals surface area contributed by atoms with Crippen LogP contribution >= 0.6 is 0 Å². The summed E-state index contributed by atoms with van der Waals surface area (Å²) in [6.45, 7) is 5.56. The number of rotatable bonds is 6. The Kier molecular flexibility index (Phi) is 7.02. The van der Waals surface area contributed by atoms with Gasteiger partial charge in [-0.25, -0.2) is 22.0 Å². The summed E-state index contributed by atoms with van der Waals surface area (Å²) in [5.74, 6) is -2.92. The molecule has 1 aliphatic carbocycles. The molecule has 1 fully saturated rings. The zero-order valence-corrected chi connectivity index (χ0v) is 15.8.